The molecule has 104 valence electrons. The average Bonchev–Trinajstić information content (AvgIpc) is 2.48. The summed E-state index contributed by atoms with van der Waals surface area (Å²) in [6.45, 7) is 6.09. The molecule has 2 fully saturated rings. The Balaban J connectivity index is 1.75. The molecule has 1 aromatic rings. The first kappa shape index (κ1) is 12.7. The monoisotopic (exact) mass is 261 g/mol. The van der Waals surface area contributed by atoms with E-state index in [1.165, 1.54) is 25.8 Å². The topological polar surface area (TPSA) is 37.4 Å². The summed E-state index contributed by atoms with van der Waals surface area (Å²) in [7, 11) is 0. The van der Waals surface area contributed by atoms with Crippen molar-refractivity contribution in [3.63, 3.8) is 0 Å². The largest absolute Gasteiger partial charge is 0.490 e. The second-order valence-electron chi connectivity index (χ2n) is 5.46. The second-order valence-corrected chi connectivity index (χ2v) is 5.46. The van der Waals surface area contributed by atoms with E-state index in [-0.39, 0.29) is 0 Å². The van der Waals surface area contributed by atoms with E-state index in [4.69, 9.17) is 4.74 Å². The van der Waals surface area contributed by atoms with Crippen LogP contribution in [0.15, 0.2) is 18.3 Å². The maximum absolute atomic E-state index is 5.71. The quantitative estimate of drug-likeness (QED) is 0.903. The first-order valence-electron chi connectivity index (χ1n) is 7.44. The minimum atomic E-state index is 0.695. The number of anilines is 1. The molecule has 1 aromatic heterocycles. The van der Waals surface area contributed by atoms with Crippen molar-refractivity contribution in [3.05, 3.63) is 18.3 Å². The van der Waals surface area contributed by atoms with Crippen molar-refractivity contribution in [2.75, 3.05) is 31.1 Å². The average molecular weight is 261 g/mol. The minimum absolute atomic E-state index is 0.695. The van der Waals surface area contributed by atoms with Gasteiger partial charge in [0.1, 0.15) is 0 Å². The zero-order valence-electron chi connectivity index (χ0n) is 11.6. The lowest BCUT2D eigenvalue weighted by atomic mass is 9.85. The molecule has 4 nitrogen and oxygen atoms in total. The maximum atomic E-state index is 5.71. The van der Waals surface area contributed by atoms with Crippen LogP contribution in [-0.2, 0) is 0 Å². The third-order valence-corrected chi connectivity index (χ3v) is 4.24. The van der Waals surface area contributed by atoms with Gasteiger partial charge in [-0.05, 0) is 50.8 Å². The van der Waals surface area contributed by atoms with E-state index >= 15 is 0 Å². The Morgan fingerprint density at radius 1 is 1.47 bits per heavy atom. The van der Waals surface area contributed by atoms with Crippen molar-refractivity contribution in [2.45, 2.75) is 32.2 Å². The Morgan fingerprint density at radius 2 is 2.42 bits per heavy atom. The standard InChI is InChI=1S/C15H23N3O/c1-2-19-14-6-4-9-17-15(14)18-10-7-13-12(11-18)5-3-8-16-13/h4,6,9,12-13,16H,2-3,5,7-8,10-11H2,1H3. The van der Waals surface area contributed by atoms with Gasteiger partial charge in [0, 0.05) is 25.3 Å². The molecular weight excluding hydrogens is 238 g/mol. The Hall–Kier alpha value is -1.29. The molecule has 4 heteroatoms. The van der Waals surface area contributed by atoms with Crippen LogP contribution in [0.25, 0.3) is 0 Å². The van der Waals surface area contributed by atoms with Gasteiger partial charge in [0.15, 0.2) is 11.6 Å². The third kappa shape index (κ3) is 2.68. The van der Waals surface area contributed by atoms with E-state index in [2.05, 4.69) is 15.2 Å². The van der Waals surface area contributed by atoms with Crippen LogP contribution in [-0.4, -0.2) is 37.3 Å². The minimum Gasteiger partial charge on any atom is -0.490 e. The summed E-state index contributed by atoms with van der Waals surface area (Å²) in [5.74, 6) is 2.71. The van der Waals surface area contributed by atoms with Gasteiger partial charge in [-0.15, -0.1) is 0 Å². The zero-order chi connectivity index (χ0) is 13.1. The molecule has 3 heterocycles. The summed E-state index contributed by atoms with van der Waals surface area (Å²) in [5, 5.41) is 3.65. The number of ether oxygens (including phenoxy) is 1. The van der Waals surface area contributed by atoms with Gasteiger partial charge >= 0.3 is 0 Å². The molecule has 0 amide bonds. The van der Waals surface area contributed by atoms with Crippen LogP contribution in [0.1, 0.15) is 26.2 Å². The number of pyridine rings is 1. The Morgan fingerprint density at radius 3 is 3.32 bits per heavy atom. The van der Waals surface area contributed by atoms with Crippen LogP contribution in [0.3, 0.4) is 0 Å². The summed E-state index contributed by atoms with van der Waals surface area (Å²) < 4.78 is 5.71. The highest BCUT2D eigenvalue weighted by Crippen LogP contribution is 2.32. The molecule has 2 saturated heterocycles. The summed E-state index contributed by atoms with van der Waals surface area (Å²) in [5.41, 5.74) is 0. The molecule has 3 rings (SSSR count). The van der Waals surface area contributed by atoms with E-state index < -0.39 is 0 Å². The van der Waals surface area contributed by atoms with E-state index in [0.29, 0.717) is 12.6 Å². The third-order valence-electron chi connectivity index (χ3n) is 4.24. The summed E-state index contributed by atoms with van der Waals surface area (Å²) in [4.78, 5) is 6.94. The molecule has 0 radical (unpaired) electrons. The number of rotatable bonds is 3. The van der Waals surface area contributed by atoms with Crippen molar-refractivity contribution >= 4 is 5.82 Å². The zero-order valence-corrected chi connectivity index (χ0v) is 11.6. The number of hydrogen-bond acceptors (Lipinski definition) is 4. The van der Waals surface area contributed by atoms with Crippen LogP contribution in [0.5, 0.6) is 5.75 Å². The fraction of sp³-hybridized carbons (Fsp3) is 0.667. The van der Waals surface area contributed by atoms with E-state index in [0.717, 1.165) is 30.6 Å². The molecule has 0 spiro atoms. The van der Waals surface area contributed by atoms with Gasteiger partial charge in [0.05, 0.1) is 6.61 Å². The normalized spacial score (nSPS) is 26.9. The van der Waals surface area contributed by atoms with Crippen molar-refractivity contribution in [3.8, 4) is 5.75 Å². The highest BCUT2D eigenvalue weighted by Gasteiger charge is 2.32. The van der Waals surface area contributed by atoms with Crippen LogP contribution in [0.2, 0.25) is 0 Å². The van der Waals surface area contributed by atoms with Crippen molar-refractivity contribution in [1.82, 2.24) is 10.3 Å². The van der Waals surface area contributed by atoms with Crippen LogP contribution < -0.4 is 15.0 Å². The number of fused-ring (bicyclic) bond motifs is 1. The number of nitrogens with one attached hydrogen (secondary N) is 1. The van der Waals surface area contributed by atoms with Crippen LogP contribution >= 0.6 is 0 Å². The summed E-state index contributed by atoms with van der Waals surface area (Å²) >= 11 is 0. The van der Waals surface area contributed by atoms with Crippen molar-refractivity contribution in [2.24, 2.45) is 5.92 Å². The first-order chi connectivity index (χ1) is 9.38. The number of aromatic nitrogens is 1. The lowest BCUT2D eigenvalue weighted by molar-refractivity contribution is 0.242. The first-order valence-corrected chi connectivity index (χ1v) is 7.44. The summed E-state index contributed by atoms with van der Waals surface area (Å²) in [6.07, 6.45) is 5.72. The highest BCUT2D eigenvalue weighted by atomic mass is 16.5. The maximum Gasteiger partial charge on any atom is 0.171 e. The number of hydrogen-bond donors (Lipinski definition) is 1. The smallest absolute Gasteiger partial charge is 0.171 e. The molecule has 2 aliphatic rings. The molecule has 2 unspecified atom stereocenters. The predicted molar refractivity (Wildman–Crippen MR) is 76.8 cm³/mol. The summed E-state index contributed by atoms with van der Waals surface area (Å²) in [6, 6.07) is 4.68. The molecule has 0 saturated carbocycles. The molecule has 0 aromatic carbocycles. The fourth-order valence-corrected chi connectivity index (χ4v) is 3.33. The molecule has 0 aliphatic carbocycles. The molecule has 1 N–H and O–H groups in total. The molecular formula is C15H23N3O. The Labute approximate surface area is 115 Å². The molecule has 0 bridgehead atoms. The van der Waals surface area contributed by atoms with Gasteiger partial charge in [-0.1, -0.05) is 0 Å². The Bertz CT molecular complexity index is 424. The second kappa shape index (κ2) is 5.78. The highest BCUT2D eigenvalue weighted by molar-refractivity contribution is 5.52. The van der Waals surface area contributed by atoms with Gasteiger partial charge in [-0.25, -0.2) is 4.98 Å². The molecule has 19 heavy (non-hydrogen) atoms. The number of nitrogens with zero attached hydrogens (tertiary/aromatic N) is 2. The molecule has 2 aliphatic heterocycles. The van der Waals surface area contributed by atoms with Crippen LogP contribution in [0.4, 0.5) is 5.82 Å². The van der Waals surface area contributed by atoms with Gasteiger partial charge in [0.2, 0.25) is 0 Å². The lowest BCUT2D eigenvalue weighted by Gasteiger charge is -2.42. The van der Waals surface area contributed by atoms with Gasteiger partial charge in [0.25, 0.3) is 0 Å². The predicted octanol–water partition coefficient (Wildman–Crippen LogP) is 2.06. The lowest BCUT2D eigenvalue weighted by Crippen LogP contribution is -2.52. The van der Waals surface area contributed by atoms with Crippen LogP contribution in [0, 0.1) is 5.92 Å². The van der Waals surface area contributed by atoms with E-state index in [9.17, 15) is 0 Å². The van der Waals surface area contributed by atoms with E-state index in [1.54, 1.807) is 0 Å². The fourth-order valence-electron chi connectivity index (χ4n) is 3.33. The number of piperidine rings is 2. The Kier molecular flexibility index (Phi) is 3.87. The van der Waals surface area contributed by atoms with E-state index in [1.807, 2.05) is 25.3 Å². The van der Waals surface area contributed by atoms with Gasteiger partial charge in [-0.3, -0.25) is 0 Å². The molecule has 2 atom stereocenters. The van der Waals surface area contributed by atoms with Crippen molar-refractivity contribution < 1.29 is 4.74 Å². The van der Waals surface area contributed by atoms with Gasteiger partial charge < -0.3 is 15.0 Å². The SMILES string of the molecule is CCOc1cccnc1N1CCC2NCCCC2C1. The van der Waals surface area contributed by atoms with Gasteiger partial charge in [-0.2, -0.15) is 0 Å². The van der Waals surface area contributed by atoms with Crippen molar-refractivity contribution in [1.29, 1.82) is 0 Å².